The van der Waals surface area contributed by atoms with Gasteiger partial charge < -0.3 is 20.1 Å². The van der Waals surface area contributed by atoms with Crippen molar-refractivity contribution in [1.29, 1.82) is 10.5 Å². The third-order valence-corrected chi connectivity index (χ3v) is 5.00. The summed E-state index contributed by atoms with van der Waals surface area (Å²) in [6, 6.07) is 13.9. The number of rotatable bonds is 10. The number of nitrogens with one attached hydrogen (secondary N) is 2. The van der Waals surface area contributed by atoms with E-state index in [0.29, 0.717) is 0 Å². The lowest BCUT2D eigenvalue weighted by Crippen LogP contribution is -2.22. The standard InChI is InChI=1S/C28H20F2N4O4/c1-3-13-33-27(35)17-5-9-19(10-6-17)37-25-23(29)21(15-31)22(16-32)24(30)26(25)38-20-11-7-18(8-12-20)28(36)34-14-4-2/h3-12H,1-2,13-14H2,(H,33,35)(H,34,36). The summed E-state index contributed by atoms with van der Waals surface area (Å²) in [5, 5.41) is 23.9. The first-order chi connectivity index (χ1) is 18.3. The number of nitriles is 2. The predicted molar refractivity (Wildman–Crippen MR) is 134 cm³/mol. The van der Waals surface area contributed by atoms with Crippen LogP contribution in [-0.2, 0) is 0 Å². The Balaban J connectivity index is 1.99. The third kappa shape index (κ3) is 6.01. The van der Waals surface area contributed by atoms with Crippen molar-refractivity contribution in [2.75, 3.05) is 13.1 Å². The van der Waals surface area contributed by atoms with Crippen molar-refractivity contribution in [3.8, 4) is 35.1 Å². The number of ether oxygens (including phenoxy) is 2. The van der Waals surface area contributed by atoms with Gasteiger partial charge in [0.15, 0.2) is 11.6 Å². The summed E-state index contributed by atoms with van der Waals surface area (Å²) in [5.74, 6) is -4.96. The fourth-order valence-corrected chi connectivity index (χ4v) is 3.16. The Labute approximate surface area is 217 Å². The number of nitrogens with zero attached hydrogens (tertiary/aromatic N) is 2. The molecule has 3 aromatic rings. The van der Waals surface area contributed by atoms with E-state index in [1.54, 1.807) is 0 Å². The van der Waals surface area contributed by atoms with Crippen molar-refractivity contribution in [3.05, 3.63) is 108 Å². The molecule has 0 aliphatic carbocycles. The summed E-state index contributed by atoms with van der Waals surface area (Å²) in [6.07, 6.45) is 3.02. The van der Waals surface area contributed by atoms with Crippen LogP contribution in [0.15, 0.2) is 73.8 Å². The van der Waals surface area contributed by atoms with Crippen LogP contribution in [0.25, 0.3) is 0 Å². The maximum atomic E-state index is 15.3. The summed E-state index contributed by atoms with van der Waals surface area (Å²) in [6.45, 7) is 7.54. The lowest BCUT2D eigenvalue weighted by atomic mass is 10.1. The first-order valence-electron chi connectivity index (χ1n) is 11.0. The normalized spacial score (nSPS) is 9.89. The van der Waals surface area contributed by atoms with Crippen molar-refractivity contribution in [2.45, 2.75) is 0 Å². The number of hydrogen-bond acceptors (Lipinski definition) is 6. The molecule has 0 atom stereocenters. The lowest BCUT2D eigenvalue weighted by Gasteiger charge is -2.16. The summed E-state index contributed by atoms with van der Waals surface area (Å²) >= 11 is 0. The molecule has 38 heavy (non-hydrogen) atoms. The van der Waals surface area contributed by atoms with Gasteiger partial charge in [0.1, 0.15) is 34.8 Å². The first kappa shape index (κ1) is 27.1. The van der Waals surface area contributed by atoms with Crippen LogP contribution in [0.2, 0.25) is 0 Å². The number of carbonyl (C=O) groups is 2. The molecule has 0 radical (unpaired) electrons. The van der Waals surface area contributed by atoms with E-state index in [0.717, 1.165) is 0 Å². The van der Waals surface area contributed by atoms with Crippen LogP contribution in [0.1, 0.15) is 31.8 Å². The van der Waals surface area contributed by atoms with Crippen molar-refractivity contribution in [3.63, 3.8) is 0 Å². The molecule has 0 spiro atoms. The highest BCUT2D eigenvalue weighted by Crippen LogP contribution is 2.42. The SMILES string of the molecule is C=CCNC(=O)c1ccc(Oc2c(F)c(C#N)c(C#N)c(F)c2Oc2ccc(C(=O)NCC=C)cc2)cc1. The van der Waals surface area contributed by atoms with Gasteiger partial charge in [-0.1, -0.05) is 12.2 Å². The molecule has 2 amide bonds. The molecule has 0 heterocycles. The van der Waals surface area contributed by atoms with E-state index in [4.69, 9.17) is 9.47 Å². The predicted octanol–water partition coefficient (Wildman–Crippen LogP) is 5.12. The van der Waals surface area contributed by atoms with E-state index in [-0.39, 0.29) is 47.5 Å². The zero-order valence-corrected chi connectivity index (χ0v) is 19.9. The minimum atomic E-state index is -1.31. The monoisotopic (exact) mass is 514 g/mol. The molecule has 0 unspecified atom stereocenters. The molecule has 3 aromatic carbocycles. The fraction of sp³-hybridized carbons (Fsp3) is 0.0714. The minimum Gasteiger partial charge on any atom is -0.450 e. The Bertz CT molecular complexity index is 1360. The average molecular weight is 514 g/mol. The molecule has 0 bridgehead atoms. The Hall–Kier alpha value is -5.48. The Morgan fingerprint density at radius 2 is 1.08 bits per heavy atom. The molecule has 2 N–H and O–H groups in total. The molecule has 0 aliphatic rings. The van der Waals surface area contributed by atoms with E-state index in [2.05, 4.69) is 23.8 Å². The molecule has 3 rings (SSSR count). The Morgan fingerprint density at radius 1 is 0.737 bits per heavy atom. The van der Waals surface area contributed by atoms with Gasteiger partial charge >= 0.3 is 0 Å². The number of benzene rings is 3. The van der Waals surface area contributed by atoms with Crippen LogP contribution in [-0.4, -0.2) is 24.9 Å². The van der Waals surface area contributed by atoms with Gasteiger partial charge in [0, 0.05) is 24.2 Å². The van der Waals surface area contributed by atoms with Crippen LogP contribution < -0.4 is 20.1 Å². The number of carbonyl (C=O) groups excluding carboxylic acids is 2. The number of hydrogen-bond donors (Lipinski definition) is 2. The van der Waals surface area contributed by atoms with Crippen LogP contribution in [0.3, 0.4) is 0 Å². The van der Waals surface area contributed by atoms with Gasteiger partial charge in [-0.15, -0.1) is 13.2 Å². The second-order valence-corrected chi connectivity index (χ2v) is 7.51. The molecule has 0 aromatic heterocycles. The molecule has 8 nitrogen and oxygen atoms in total. The van der Waals surface area contributed by atoms with Gasteiger partial charge in [-0.05, 0) is 48.5 Å². The van der Waals surface area contributed by atoms with E-state index in [1.165, 1.54) is 72.8 Å². The van der Waals surface area contributed by atoms with Crippen LogP contribution in [0.5, 0.6) is 23.0 Å². The van der Waals surface area contributed by atoms with Crippen LogP contribution >= 0.6 is 0 Å². The molecular weight excluding hydrogens is 494 g/mol. The minimum absolute atomic E-state index is 0.00347. The summed E-state index contributed by atoms with van der Waals surface area (Å²) in [4.78, 5) is 24.2. The first-order valence-corrected chi connectivity index (χ1v) is 11.0. The van der Waals surface area contributed by atoms with Crippen LogP contribution in [0.4, 0.5) is 8.78 Å². The zero-order chi connectivity index (χ0) is 27.7. The molecule has 190 valence electrons. The topological polar surface area (TPSA) is 124 Å². The van der Waals surface area contributed by atoms with Gasteiger partial charge in [-0.3, -0.25) is 9.59 Å². The Kier molecular flexibility index (Phi) is 8.90. The molecule has 0 saturated carbocycles. The van der Waals surface area contributed by atoms with Gasteiger partial charge in [0.05, 0.1) is 0 Å². The maximum Gasteiger partial charge on any atom is 0.251 e. The highest BCUT2D eigenvalue weighted by atomic mass is 19.1. The molecular formula is C28H20F2N4O4. The highest BCUT2D eigenvalue weighted by molar-refractivity contribution is 5.94. The van der Waals surface area contributed by atoms with Gasteiger partial charge in [-0.25, -0.2) is 8.78 Å². The molecule has 0 saturated heterocycles. The fourth-order valence-electron chi connectivity index (χ4n) is 3.16. The van der Waals surface area contributed by atoms with Gasteiger partial charge in [-0.2, -0.15) is 10.5 Å². The number of halogens is 2. The summed E-state index contributed by atoms with van der Waals surface area (Å²) in [7, 11) is 0. The summed E-state index contributed by atoms with van der Waals surface area (Å²) in [5.41, 5.74) is -1.17. The zero-order valence-electron chi connectivity index (χ0n) is 19.9. The van der Waals surface area contributed by atoms with Crippen molar-refractivity contribution in [2.24, 2.45) is 0 Å². The largest absolute Gasteiger partial charge is 0.450 e. The van der Waals surface area contributed by atoms with Crippen LogP contribution in [0, 0.1) is 34.3 Å². The third-order valence-electron chi connectivity index (χ3n) is 5.00. The lowest BCUT2D eigenvalue weighted by molar-refractivity contribution is 0.0950. The number of amides is 2. The second-order valence-electron chi connectivity index (χ2n) is 7.51. The smallest absolute Gasteiger partial charge is 0.251 e. The van der Waals surface area contributed by atoms with Crippen molar-refractivity contribution >= 4 is 11.8 Å². The van der Waals surface area contributed by atoms with Crippen molar-refractivity contribution in [1.82, 2.24) is 10.6 Å². The van der Waals surface area contributed by atoms with Crippen molar-refractivity contribution < 1.29 is 27.8 Å². The average Bonchev–Trinajstić information content (AvgIpc) is 2.94. The molecule has 0 aliphatic heterocycles. The van der Waals surface area contributed by atoms with Gasteiger partial charge in [0.25, 0.3) is 11.8 Å². The second kappa shape index (κ2) is 12.5. The van der Waals surface area contributed by atoms with E-state index in [1.807, 2.05) is 0 Å². The van der Waals surface area contributed by atoms with E-state index in [9.17, 15) is 20.1 Å². The maximum absolute atomic E-state index is 15.3. The quantitative estimate of drug-likeness (QED) is 0.362. The highest BCUT2D eigenvalue weighted by Gasteiger charge is 2.28. The molecule has 0 fully saturated rings. The van der Waals surface area contributed by atoms with E-state index >= 15 is 8.78 Å². The Morgan fingerprint density at radius 3 is 1.37 bits per heavy atom. The van der Waals surface area contributed by atoms with E-state index < -0.39 is 34.3 Å². The van der Waals surface area contributed by atoms with Gasteiger partial charge in [0.2, 0.25) is 11.5 Å². The summed E-state index contributed by atoms with van der Waals surface area (Å²) < 4.78 is 41.7. The molecule has 10 heteroatoms.